The maximum absolute atomic E-state index is 13.2. The van der Waals surface area contributed by atoms with Gasteiger partial charge in [-0.05, 0) is 18.2 Å². The number of rotatable bonds is 2. The van der Waals surface area contributed by atoms with E-state index in [1.165, 1.54) is 30.7 Å². The molecule has 0 aliphatic heterocycles. The fourth-order valence-corrected chi connectivity index (χ4v) is 1.64. The van der Waals surface area contributed by atoms with Crippen LogP contribution in [0.4, 0.5) is 10.1 Å². The molecule has 0 atom stereocenters. The largest absolute Gasteiger partial charge is 0.330 e. The molecule has 0 saturated heterocycles. The van der Waals surface area contributed by atoms with Crippen LogP contribution in [0.1, 0.15) is 16.1 Å². The molecule has 1 heterocycles. The zero-order chi connectivity index (χ0) is 14.5. The molecule has 0 aliphatic rings. The van der Waals surface area contributed by atoms with E-state index in [0.29, 0.717) is 16.9 Å². The number of hydrogen-bond donors (Lipinski definition) is 2. The fraction of sp³-hybridized carbons (Fsp3) is 0.143. The summed E-state index contributed by atoms with van der Waals surface area (Å²) in [4.78, 5) is 15.9. The zero-order valence-corrected chi connectivity index (χ0v) is 10.9. The summed E-state index contributed by atoms with van der Waals surface area (Å²) >= 11 is 0. The van der Waals surface area contributed by atoms with Gasteiger partial charge in [-0.15, -0.1) is 0 Å². The number of carbonyl (C=O) groups is 1. The van der Waals surface area contributed by atoms with Crippen molar-refractivity contribution in [3.8, 4) is 11.8 Å². The van der Waals surface area contributed by atoms with Crippen LogP contribution >= 0.6 is 0 Å². The molecule has 3 N–H and O–H groups in total. The van der Waals surface area contributed by atoms with Crippen molar-refractivity contribution in [1.29, 1.82) is 0 Å². The van der Waals surface area contributed by atoms with Crippen LogP contribution in [0.15, 0.2) is 30.7 Å². The van der Waals surface area contributed by atoms with E-state index in [0.717, 1.165) is 0 Å². The number of benzene rings is 1. The molecule has 5 nitrogen and oxygen atoms in total. The van der Waals surface area contributed by atoms with Crippen LogP contribution in [0.5, 0.6) is 0 Å². The highest BCUT2D eigenvalue weighted by molar-refractivity contribution is 6.03. The van der Waals surface area contributed by atoms with Gasteiger partial charge in [0, 0.05) is 7.05 Å². The molecule has 0 saturated carbocycles. The summed E-state index contributed by atoms with van der Waals surface area (Å²) in [6.07, 6.45) is 2.97. The second-order valence-corrected chi connectivity index (χ2v) is 4.04. The van der Waals surface area contributed by atoms with Gasteiger partial charge in [-0.25, -0.2) is 9.37 Å². The number of amides is 1. The first kappa shape index (κ1) is 13.8. The van der Waals surface area contributed by atoms with Crippen molar-refractivity contribution in [2.75, 3.05) is 11.9 Å². The normalized spacial score (nSPS) is 9.75. The van der Waals surface area contributed by atoms with Gasteiger partial charge in [-0.3, -0.25) is 4.79 Å². The summed E-state index contributed by atoms with van der Waals surface area (Å²) in [5.74, 6) is 4.59. The van der Waals surface area contributed by atoms with Gasteiger partial charge >= 0.3 is 0 Å². The van der Waals surface area contributed by atoms with Crippen LogP contribution in [0, 0.1) is 17.7 Å². The summed E-state index contributed by atoms with van der Waals surface area (Å²) in [6, 6.07) is 3.97. The lowest BCUT2D eigenvalue weighted by molar-refractivity contribution is 0.101. The van der Waals surface area contributed by atoms with Gasteiger partial charge in [0.1, 0.15) is 11.5 Å². The Labute approximate surface area is 115 Å². The quantitative estimate of drug-likeness (QED) is 0.805. The minimum atomic E-state index is -0.426. The highest BCUT2D eigenvalue weighted by Crippen LogP contribution is 2.17. The lowest BCUT2D eigenvalue weighted by atomic mass is 10.1. The van der Waals surface area contributed by atoms with E-state index in [4.69, 9.17) is 5.73 Å². The Bertz CT molecular complexity index is 697. The van der Waals surface area contributed by atoms with Gasteiger partial charge in [-0.2, -0.15) is 0 Å². The Morgan fingerprint density at radius 2 is 2.35 bits per heavy atom. The minimum Gasteiger partial charge on any atom is -0.330 e. The zero-order valence-electron chi connectivity index (χ0n) is 10.9. The molecular weight excluding hydrogens is 259 g/mol. The number of imidazole rings is 1. The Morgan fingerprint density at radius 1 is 1.55 bits per heavy atom. The molecule has 0 spiro atoms. The average Bonchev–Trinajstić information content (AvgIpc) is 2.85. The highest BCUT2D eigenvalue weighted by atomic mass is 19.1. The van der Waals surface area contributed by atoms with Crippen LogP contribution in [0.2, 0.25) is 0 Å². The summed E-state index contributed by atoms with van der Waals surface area (Å²) < 4.78 is 14.8. The second kappa shape index (κ2) is 5.99. The maximum Gasteiger partial charge on any atom is 0.273 e. The van der Waals surface area contributed by atoms with Crippen molar-refractivity contribution in [3.05, 3.63) is 47.8 Å². The van der Waals surface area contributed by atoms with Gasteiger partial charge < -0.3 is 15.6 Å². The van der Waals surface area contributed by atoms with E-state index in [9.17, 15) is 9.18 Å². The van der Waals surface area contributed by atoms with Crippen molar-refractivity contribution in [3.63, 3.8) is 0 Å². The van der Waals surface area contributed by atoms with Crippen LogP contribution in [-0.4, -0.2) is 22.0 Å². The van der Waals surface area contributed by atoms with Crippen molar-refractivity contribution in [1.82, 2.24) is 9.55 Å². The molecule has 2 aromatic rings. The first-order chi connectivity index (χ1) is 9.61. The second-order valence-electron chi connectivity index (χ2n) is 4.04. The van der Waals surface area contributed by atoms with Crippen molar-refractivity contribution >= 4 is 11.6 Å². The van der Waals surface area contributed by atoms with Gasteiger partial charge in [0.05, 0.1) is 30.3 Å². The van der Waals surface area contributed by atoms with Crippen LogP contribution in [-0.2, 0) is 7.05 Å². The number of carbonyl (C=O) groups excluding carboxylic acids is 1. The van der Waals surface area contributed by atoms with E-state index < -0.39 is 5.82 Å². The number of nitrogens with zero attached hydrogens (tertiary/aromatic N) is 2. The number of halogens is 1. The van der Waals surface area contributed by atoms with Crippen molar-refractivity contribution in [2.45, 2.75) is 0 Å². The molecule has 20 heavy (non-hydrogen) atoms. The Hall–Kier alpha value is -2.65. The smallest absolute Gasteiger partial charge is 0.273 e. The van der Waals surface area contributed by atoms with Gasteiger partial charge in [0.25, 0.3) is 5.91 Å². The van der Waals surface area contributed by atoms with Gasteiger partial charge in [0.15, 0.2) is 0 Å². The predicted octanol–water partition coefficient (Wildman–Crippen LogP) is 1.12. The number of hydrogen-bond acceptors (Lipinski definition) is 3. The summed E-state index contributed by atoms with van der Waals surface area (Å²) in [6.45, 7) is 0.158. The molecular formula is C14H13FN4O. The van der Waals surface area contributed by atoms with Crippen molar-refractivity contribution < 1.29 is 9.18 Å². The van der Waals surface area contributed by atoms with E-state index in [-0.39, 0.29) is 12.5 Å². The summed E-state index contributed by atoms with van der Waals surface area (Å²) in [5.41, 5.74) is 6.50. The first-order valence-corrected chi connectivity index (χ1v) is 5.88. The molecule has 102 valence electrons. The third kappa shape index (κ3) is 3.02. The number of nitrogens with one attached hydrogen (secondary N) is 1. The van der Waals surface area contributed by atoms with Crippen molar-refractivity contribution in [2.24, 2.45) is 12.8 Å². The SMILES string of the molecule is Cn1cncc1C(=O)Nc1ccc(F)cc1C#CCN. The molecule has 1 amide bonds. The van der Waals surface area contributed by atoms with E-state index >= 15 is 0 Å². The lowest BCUT2D eigenvalue weighted by Gasteiger charge is -2.08. The minimum absolute atomic E-state index is 0.158. The summed E-state index contributed by atoms with van der Waals surface area (Å²) in [7, 11) is 1.71. The third-order valence-corrected chi connectivity index (χ3v) is 2.60. The molecule has 1 aromatic carbocycles. The Kier molecular flexibility index (Phi) is 4.13. The van der Waals surface area contributed by atoms with E-state index in [2.05, 4.69) is 22.1 Å². The van der Waals surface area contributed by atoms with E-state index in [1.54, 1.807) is 11.6 Å². The maximum atomic E-state index is 13.2. The van der Waals surface area contributed by atoms with Crippen LogP contribution < -0.4 is 11.1 Å². The average molecular weight is 272 g/mol. The first-order valence-electron chi connectivity index (χ1n) is 5.88. The number of aromatic nitrogens is 2. The van der Waals surface area contributed by atoms with Gasteiger partial charge in [-0.1, -0.05) is 11.8 Å². The predicted molar refractivity (Wildman–Crippen MR) is 73.5 cm³/mol. The Morgan fingerprint density at radius 3 is 3.00 bits per heavy atom. The highest BCUT2D eigenvalue weighted by Gasteiger charge is 2.12. The standard InChI is InChI=1S/C14H13FN4O/c1-19-9-17-8-13(19)14(20)18-12-5-4-11(15)7-10(12)3-2-6-16/h4-5,7-9H,6,16H2,1H3,(H,18,20). The summed E-state index contributed by atoms with van der Waals surface area (Å²) in [5, 5.41) is 2.68. The molecule has 6 heteroatoms. The molecule has 0 bridgehead atoms. The molecule has 0 unspecified atom stereocenters. The number of anilines is 1. The monoisotopic (exact) mass is 272 g/mol. The molecule has 1 aromatic heterocycles. The molecule has 2 rings (SSSR count). The third-order valence-electron chi connectivity index (χ3n) is 2.60. The van der Waals surface area contributed by atoms with E-state index in [1.807, 2.05) is 0 Å². The molecule has 0 fully saturated rings. The number of nitrogens with two attached hydrogens (primary N) is 1. The fourth-order valence-electron chi connectivity index (χ4n) is 1.64. The number of aryl methyl sites for hydroxylation is 1. The van der Waals surface area contributed by atoms with Gasteiger partial charge in [0.2, 0.25) is 0 Å². The molecule has 0 aliphatic carbocycles. The topological polar surface area (TPSA) is 72.9 Å². The van der Waals surface area contributed by atoms with Crippen LogP contribution in [0.25, 0.3) is 0 Å². The Balaban J connectivity index is 2.29. The lowest BCUT2D eigenvalue weighted by Crippen LogP contribution is -2.16. The molecule has 0 radical (unpaired) electrons. The van der Waals surface area contributed by atoms with Crippen LogP contribution in [0.3, 0.4) is 0 Å².